The van der Waals surface area contributed by atoms with Crippen LogP contribution in [0.5, 0.6) is 11.5 Å². The summed E-state index contributed by atoms with van der Waals surface area (Å²) in [6, 6.07) is 14.1. The third-order valence-electron chi connectivity index (χ3n) is 5.50. The maximum absolute atomic E-state index is 13.7. The van der Waals surface area contributed by atoms with E-state index in [2.05, 4.69) is 11.6 Å². The van der Waals surface area contributed by atoms with Crippen LogP contribution in [0.1, 0.15) is 31.0 Å². The van der Waals surface area contributed by atoms with Gasteiger partial charge >= 0.3 is 5.97 Å². The van der Waals surface area contributed by atoms with Gasteiger partial charge in [0.05, 0.1) is 29.5 Å². The molecule has 35 heavy (non-hydrogen) atoms. The first-order valence-corrected chi connectivity index (χ1v) is 12.0. The number of ether oxygens (including phenoxy) is 3. The van der Waals surface area contributed by atoms with Crippen LogP contribution >= 0.6 is 11.3 Å². The third kappa shape index (κ3) is 4.83. The van der Waals surface area contributed by atoms with Crippen molar-refractivity contribution in [2.45, 2.75) is 19.9 Å². The van der Waals surface area contributed by atoms with Crippen LogP contribution in [0.3, 0.4) is 0 Å². The lowest BCUT2D eigenvalue weighted by Gasteiger charge is -2.25. The lowest BCUT2D eigenvalue weighted by atomic mass is 9.95. The molecule has 3 aromatic rings. The molecule has 1 aliphatic heterocycles. The highest BCUT2D eigenvalue weighted by Gasteiger charge is 2.34. The van der Waals surface area contributed by atoms with Crippen molar-refractivity contribution in [2.24, 2.45) is 4.99 Å². The molecule has 7 nitrogen and oxygen atoms in total. The smallest absolute Gasteiger partial charge is 0.338 e. The van der Waals surface area contributed by atoms with Crippen LogP contribution in [-0.4, -0.2) is 30.9 Å². The third-order valence-corrected chi connectivity index (χ3v) is 6.48. The van der Waals surface area contributed by atoms with Crippen molar-refractivity contribution in [1.82, 2.24) is 4.57 Å². The first-order valence-electron chi connectivity index (χ1n) is 11.1. The molecule has 8 heteroatoms. The summed E-state index contributed by atoms with van der Waals surface area (Å²) in [6.07, 6.45) is 3.49. The molecule has 0 saturated heterocycles. The van der Waals surface area contributed by atoms with Gasteiger partial charge in [0, 0.05) is 5.56 Å². The SMILES string of the molecule is C=CCOc1ccc(/C=c2/sc3n(c2=O)[C@H](c2ccccc2OC)C(C(=O)OCC)=C(C)N=3)cc1. The van der Waals surface area contributed by atoms with Gasteiger partial charge in [0.2, 0.25) is 0 Å². The molecule has 0 bridgehead atoms. The average molecular weight is 491 g/mol. The van der Waals surface area contributed by atoms with Crippen molar-refractivity contribution in [1.29, 1.82) is 0 Å². The van der Waals surface area contributed by atoms with Crippen molar-refractivity contribution in [3.63, 3.8) is 0 Å². The van der Waals surface area contributed by atoms with E-state index in [1.54, 1.807) is 37.7 Å². The van der Waals surface area contributed by atoms with Crippen molar-refractivity contribution >= 4 is 23.4 Å². The van der Waals surface area contributed by atoms with E-state index in [9.17, 15) is 9.59 Å². The second-order valence-corrected chi connectivity index (χ2v) is 8.72. The number of hydrogen-bond donors (Lipinski definition) is 0. The van der Waals surface area contributed by atoms with Crippen LogP contribution in [0.25, 0.3) is 6.08 Å². The Balaban J connectivity index is 1.88. The number of carbonyl (C=O) groups excluding carboxylic acids is 1. The van der Waals surface area contributed by atoms with Crippen LogP contribution in [-0.2, 0) is 9.53 Å². The Labute approximate surface area is 206 Å². The summed E-state index contributed by atoms with van der Waals surface area (Å²) in [5.41, 5.74) is 2.11. The Morgan fingerprint density at radius 2 is 1.94 bits per heavy atom. The summed E-state index contributed by atoms with van der Waals surface area (Å²) in [7, 11) is 1.56. The topological polar surface area (TPSA) is 79.1 Å². The molecule has 1 atom stereocenters. The number of methoxy groups -OCH3 is 1. The van der Waals surface area contributed by atoms with Gasteiger partial charge in [-0.1, -0.05) is 54.3 Å². The van der Waals surface area contributed by atoms with Crippen molar-refractivity contribution in [3.8, 4) is 11.5 Å². The molecule has 0 unspecified atom stereocenters. The minimum Gasteiger partial charge on any atom is -0.496 e. The highest BCUT2D eigenvalue weighted by atomic mass is 32.1. The number of thiazole rings is 1. The van der Waals surface area contributed by atoms with Crippen LogP contribution in [0.2, 0.25) is 0 Å². The van der Waals surface area contributed by atoms with Crippen LogP contribution in [0, 0.1) is 0 Å². The molecule has 0 N–H and O–H groups in total. The number of fused-ring (bicyclic) bond motifs is 1. The number of para-hydroxylation sites is 1. The van der Waals surface area contributed by atoms with Crippen molar-refractivity contribution in [3.05, 3.63) is 103 Å². The fraction of sp³-hybridized carbons (Fsp3) is 0.222. The molecule has 0 saturated carbocycles. The predicted octanol–water partition coefficient (Wildman–Crippen LogP) is 3.37. The molecule has 0 spiro atoms. The number of nitrogens with zero attached hydrogens (tertiary/aromatic N) is 2. The maximum atomic E-state index is 13.7. The normalized spacial score (nSPS) is 15.3. The molecule has 0 fully saturated rings. The lowest BCUT2D eigenvalue weighted by molar-refractivity contribution is -0.139. The van der Waals surface area contributed by atoms with Gasteiger partial charge in [0.25, 0.3) is 5.56 Å². The van der Waals surface area contributed by atoms with E-state index in [4.69, 9.17) is 14.2 Å². The molecule has 0 aliphatic carbocycles. The largest absolute Gasteiger partial charge is 0.496 e. The van der Waals surface area contributed by atoms with Crippen LogP contribution < -0.4 is 24.4 Å². The summed E-state index contributed by atoms with van der Waals surface area (Å²) >= 11 is 1.27. The molecule has 1 aromatic heterocycles. The number of rotatable bonds is 8. The van der Waals surface area contributed by atoms with E-state index in [-0.39, 0.29) is 12.2 Å². The van der Waals surface area contributed by atoms with Gasteiger partial charge in [-0.3, -0.25) is 9.36 Å². The maximum Gasteiger partial charge on any atom is 0.338 e. The number of allylic oxidation sites excluding steroid dienone is 1. The van der Waals surface area contributed by atoms with Gasteiger partial charge in [-0.15, -0.1) is 0 Å². The number of hydrogen-bond acceptors (Lipinski definition) is 7. The minimum atomic E-state index is -0.724. The summed E-state index contributed by atoms with van der Waals surface area (Å²) in [6.45, 7) is 7.78. The lowest BCUT2D eigenvalue weighted by Crippen LogP contribution is -2.40. The van der Waals surface area contributed by atoms with Crippen LogP contribution in [0.4, 0.5) is 0 Å². The number of esters is 1. The Morgan fingerprint density at radius 1 is 1.20 bits per heavy atom. The zero-order valence-corrected chi connectivity index (χ0v) is 20.6. The molecular formula is C27H26N2O5S. The average Bonchev–Trinajstić information content (AvgIpc) is 3.17. The Morgan fingerprint density at radius 3 is 2.63 bits per heavy atom. The van der Waals surface area contributed by atoms with Gasteiger partial charge in [-0.05, 0) is 43.7 Å². The first kappa shape index (κ1) is 24.2. The van der Waals surface area contributed by atoms with E-state index in [1.807, 2.05) is 48.5 Å². The molecule has 0 radical (unpaired) electrons. The number of benzene rings is 2. The van der Waals surface area contributed by atoms with Gasteiger partial charge in [-0.25, -0.2) is 9.79 Å². The van der Waals surface area contributed by atoms with E-state index >= 15 is 0 Å². The minimum absolute atomic E-state index is 0.213. The molecule has 1 aliphatic rings. The predicted molar refractivity (Wildman–Crippen MR) is 136 cm³/mol. The highest BCUT2D eigenvalue weighted by molar-refractivity contribution is 7.07. The van der Waals surface area contributed by atoms with E-state index in [0.717, 1.165) is 11.3 Å². The molecule has 4 rings (SSSR count). The molecule has 2 aromatic carbocycles. The standard InChI is InChI=1S/C27H26N2O5S/c1-5-15-34-19-13-11-18(12-14-19)16-22-25(30)29-24(20-9-7-8-10-21(20)32-4)23(26(31)33-6-2)17(3)28-27(29)35-22/h5,7-14,16,24H,1,6,15H2,2-4H3/b22-16+/t24-/m1/s1. The first-order chi connectivity index (χ1) is 17.0. The summed E-state index contributed by atoms with van der Waals surface area (Å²) in [4.78, 5) is 31.8. The molecular weight excluding hydrogens is 464 g/mol. The fourth-order valence-corrected chi connectivity index (χ4v) is 4.99. The quantitative estimate of drug-likeness (QED) is 0.357. The van der Waals surface area contributed by atoms with Crippen molar-refractivity contribution < 1.29 is 19.0 Å². The second-order valence-electron chi connectivity index (χ2n) is 7.71. The van der Waals surface area contributed by atoms with Gasteiger partial charge in [0.15, 0.2) is 4.80 Å². The number of aromatic nitrogens is 1. The van der Waals surface area contributed by atoms with E-state index < -0.39 is 12.0 Å². The Hall–Kier alpha value is -3.91. The Bertz CT molecular complexity index is 1460. The molecule has 2 heterocycles. The number of carbonyl (C=O) groups is 1. The van der Waals surface area contributed by atoms with Gasteiger partial charge in [-0.2, -0.15) is 0 Å². The van der Waals surface area contributed by atoms with Gasteiger partial charge < -0.3 is 14.2 Å². The molecule has 180 valence electrons. The second kappa shape index (κ2) is 10.6. The Kier molecular flexibility index (Phi) is 7.31. The zero-order chi connectivity index (χ0) is 24.9. The summed E-state index contributed by atoms with van der Waals surface area (Å²) in [5.74, 6) is 0.780. The molecule has 0 amide bonds. The van der Waals surface area contributed by atoms with E-state index in [1.165, 1.54) is 11.3 Å². The summed E-state index contributed by atoms with van der Waals surface area (Å²) < 4.78 is 18.5. The summed E-state index contributed by atoms with van der Waals surface area (Å²) in [5, 5.41) is 0. The fourth-order valence-electron chi connectivity index (χ4n) is 3.94. The van der Waals surface area contributed by atoms with Crippen LogP contribution in [0.15, 0.2) is 82.2 Å². The highest BCUT2D eigenvalue weighted by Crippen LogP contribution is 2.35. The zero-order valence-electron chi connectivity index (χ0n) is 19.8. The monoisotopic (exact) mass is 490 g/mol. The van der Waals surface area contributed by atoms with E-state index in [0.29, 0.717) is 38.5 Å². The van der Waals surface area contributed by atoms with Gasteiger partial charge in [0.1, 0.15) is 24.1 Å². The van der Waals surface area contributed by atoms with Crippen molar-refractivity contribution in [2.75, 3.05) is 20.3 Å².